The molecule has 0 aliphatic rings. The minimum absolute atomic E-state index is 0.0781. The van der Waals surface area contributed by atoms with Gasteiger partial charge in [0.1, 0.15) is 16.4 Å². The molecule has 0 radical (unpaired) electrons. The molecule has 1 N–H and O–H groups in total. The van der Waals surface area contributed by atoms with Gasteiger partial charge in [0.25, 0.3) is 10.1 Å². The van der Waals surface area contributed by atoms with Gasteiger partial charge in [-0.25, -0.2) is 0 Å². The van der Waals surface area contributed by atoms with E-state index in [-0.39, 0.29) is 4.90 Å². The highest BCUT2D eigenvalue weighted by Crippen LogP contribution is 2.36. The van der Waals surface area contributed by atoms with E-state index in [1.807, 2.05) is 55.5 Å². The quantitative estimate of drug-likeness (QED) is 0.527. The Hall–Kier alpha value is -2.63. The van der Waals surface area contributed by atoms with Gasteiger partial charge in [0.15, 0.2) is 0 Å². The molecule has 3 aromatic carbocycles. The smallest absolute Gasteiger partial charge is 0.295 e. The second-order valence-electron chi connectivity index (χ2n) is 7.25. The molecule has 0 unspecified atom stereocenters. The number of benzene rings is 3. The lowest BCUT2D eigenvalue weighted by Crippen LogP contribution is -2.07. The van der Waals surface area contributed by atoms with Gasteiger partial charge in [0.05, 0.1) is 0 Å². The van der Waals surface area contributed by atoms with Gasteiger partial charge in [-0.05, 0) is 66.3 Å². The first-order valence-electron chi connectivity index (χ1n) is 9.19. The lowest BCUT2D eigenvalue weighted by atomic mass is 9.90. The van der Waals surface area contributed by atoms with Gasteiger partial charge in [-0.1, -0.05) is 50.2 Å². The first-order chi connectivity index (χ1) is 13.3. The predicted octanol–water partition coefficient (Wildman–Crippen LogP) is 5.90. The zero-order valence-electron chi connectivity index (χ0n) is 16.2. The molecule has 3 rings (SSSR count). The van der Waals surface area contributed by atoms with Crippen molar-refractivity contribution in [1.82, 2.24) is 0 Å². The van der Waals surface area contributed by atoms with Crippen molar-refractivity contribution in [3.05, 3.63) is 77.9 Å². The van der Waals surface area contributed by atoms with Crippen LogP contribution in [-0.4, -0.2) is 13.0 Å². The zero-order valence-corrected chi connectivity index (χ0v) is 17.0. The van der Waals surface area contributed by atoms with Crippen molar-refractivity contribution < 1.29 is 17.7 Å². The van der Waals surface area contributed by atoms with Crippen LogP contribution < -0.4 is 4.74 Å². The van der Waals surface area contributed by atoms with E-state index in [1.165, 1.54) is 6.07 Å². The molecule has 0 fully saturated rings. The van der Waals surface area contributed by atoms with E-state index in [2.05, 4.69) is 13.8 Å². The Morgan fingerprint density at radius 1 is 0.929 bits per heavy atom. The Morgan fingerprint density at radius 3 is 2.25 bits per heavy atom. The summed E-state index contributed by atoms with van der Waals surface area (Å²) in [5.41, 5.74) is 3.14. The first kappa shape index (κ1) is 20.1. The SMILES string of the molecule is Cc1ccc(S(=O)(=O)O)c(-c2cccc(Oc3ccccc3)c2)c1CC(C)C. The molecule has 0 spiro atoms. The number of para-hydroxylation sites is 1. The molecule has 0 heterocycles. The van der Waals surface area contributed by atoms with Crippen LogP contribution in [0.1, 0.15) is 25.0 Å². The third kappa shape index (κ3) is 4.61. The summed E-state index contributed by atoms with van der Waals surface area (Å²) in [6.45, 7) is 6.12. The Morgan fingerprint density at radius 2 is 1.61 bits per heavy atom. The van der Waals surface area contributed by atoms with E-state index >= 15 is 0 Å². The third-order valence-corrected chi connectivity index (χ3v) is 5.40. The van der Waals surface area contributed by atoms with Gasteiger partial charge in [-0.2, -0.15) is 8.42 Å². The summed E-state index contributed by atoms with van der Waals surface area (Å²) < 4.78 is 39.9. The Kier molecular flexibility index (Phi) is 5.87. The monoisotopic (exact) mass is 396 g/mol. The highest BCUT2D eigenvalue weighted by atomic mass is 32.2. The number of rotatable bonds is 6. The third-order valence-electron chi connectivity index (χ3n) is 4.50. The minimum Gasteiger partial charge on any atom is -0.457 e. The average Bonchev–Trinajstić information content (AvgIpc) is 2.63. The fraction of sp³-hybridized carbons (Fsp3) is 0.217. The van der Waals surface area contributed by atoms with Gasteiger partial charge >= 0.3 is 0 Å². The Labute approximate surface area is 166 Å². The van der Waals surface area contributed by atoms with Crippen molar-refractivity contribution in [2.75, 3.05) is 0 Å². The van der Waals surface area contributed by atoms with E-state index in [0.29, 0.717) is 35.0 Å². The molecule has 146 valence electrons. The maximum Gasteiger partial charge on any atom is 0.295 e. The molecule has 0 amide bonds. The van der Waals surface area contributed by atoms with Crippen LogP contribution >= 0.6 is 0 Å². The van der Waals surface area contributed by atoms with Crippen LogP contribution in [0, 0.1) is 12.8 Å². The summed E-state index contributed by atoms with van der Waals surface area (Å²) >= 11 is 0. The van der Waals surface area contributed by atoms with Crippen LogP contribution in [0.15, 0.2) is 71.6 Å². The second-order valence-corrected chi connectivity index (χ2v) is 8.64. The summed E-state index contributed by atoms with van der Waals surface area (Å²) in [6.07, 6.45) is 0.703. The largest absolute Gasteiger partial charge is 0.457 e. The van der Waals surface area contributed by atoms with Gasteiger partial charge in [0.2, 0.25) is 0 Å². The lowest BCUT2D eigenvalue weighted by Gasteiger charge is -2.18. The molecule has 0 saturated carbocycles. The summed E-state index contributed by atoms with van der Waals surface area (Å²) in [7, 11) is -4.37. The van der Waals surface area contributed by atoms with E-state index in [4.69, 9.17) is 4.74 Å². The van der Waals surface area contributed by atoms with E-state index in [0.717, 1.165) is 11.1 Å². The minimum atomic E-state index is -4.37. The van der Waals surface area contributed by atoms with Crippen molar-refractivity contribution in [2.24, 2.45) is 5.92 Å². The lowest BCUT2D eigenvalue weighted by molar-refractivity contribution is 0.481. The molecule has 0 aliphatic carbocycles. The molecular formula is C23H24O4S. The molecule has 0 aromatic heterocycles. The Balaban J connectivity index is 2.16. The Bertz CT molecular complexity index is 1070. The molecule has 4 nitrogen and oxygen atoms in total. The maximum absolute atomic E-state index is 12.1. The van der Waals surface area contributed by atoms with Gasteiger partial charge in [-0.3, -0.25) is 4.55 Å². The summed E-state index contributed by atoms with van der Waals surface area (Å²) in [5.74, 6) is 1.63. The first-order valence-corrected chi connectivity index (χ1v) is 10.6. The molecule has 0 aliphatic heterocycles. The van der Waals surface area contributed by atoms with Crippen molar-refractivity contribution in [1.29, 1.82) is 0 Å². The fourth-order valence-electron chi connectivity index (χ4n) is 3.27. The van der Waals surface area contributed by atoms with E-state index < -0.39 is 10.1 Å². The van der Waals surface area contributed by atoms with E-state index in [1.54, 1.807) is 12.1 Å². The van der Waals surface area contributed by atoms with Crippen LogP contribution in [0.2, 0.25) is 0 Å². The van der Waals surface area contributed by atoms with Crippen LogP contribution in [0.5, 0.6) is 11.5 Å². The van der Waals surface area contributed by atoms with Gasteiger partial charge in [-0.15, -0.1) is 0 Å². The highest BCUT2D eigenvalue weighted by molar-refractivity contribution is 7.86. The normalized spacial score (nSPS) is 11.6. The average molecular weight is 397 g/mol. The molecule has 3 aromatic rings. The van der Waals surface area contributed by atoms with Crippen LogP contribution in [0.3, 0.4) is 0 Å². The van der Waals surface area contributed by atoms with Gasteiger partial charge in [0, 0.05) is 5.56 Å². The molecule has 5 heteroatoms. The number of hydrogen-bond acceptors (Lipinski definition) is 3. The molecule has 0 bridgehead atoms. The molecule has 0 atom stereocenters. The number of ether oxygens (including phenoxy) is 1. The molecule has 28 heavy (non-hydrogen) atoms. The van der Waals surface area contributed by atoms with Crippen molar-refractivity contribution in [3.63, 3.8) is 0 Å². The molecular weight excluding hydrogens is 372 g/mol. The van der Waals surface area contributed by atoms with Crippen LogP contribution in [-0.2, 0) is 16.5 Å². The summed E-state index contributed by atoms with van der Waals surface area (Å²) in [4.78, 5) is -0.0781. The van der Waals surface area contributed by atoms with Crippen LogP contribution in [0.4, 0.5) is 0 Å². The highest BCUT2D eigenvalue weighted by Gasteiger charge is 2.22. The zero-order chi connectivity index (χ0) is 20.3. The summed E-state index contributed by atoms with van der Waals surface area (Å²) in [6, 6.07) is 19.9. The van der Waals surface area contributed by atoms with Gasteiger partial charge < -0.3 is 4.74 Å². The predicted molar refractivity (Wildman–Crippen MR) is 111 cm³/mol. The van der Waals surface area contributed by atoms with Crippen molar-refractivity contribution in [2.45, 2.75) is 32.1 Å². The maximum atomic E-state index is 12.1. The standard InChI is InChI=1S/C23H24O4S/c1-16(2)14-21-17(3)12-13-22(28(24,25)26)23(21)18-8-7-11-20(15-18)27-19-9-5-4-6-10-19/h4-13,15-16H,14H2,1-3H3,(H,24,25,26). The van der Waals surface area contributed by atoms with E-state index in [9.17, 15) is 13.0 Å². The number of aryl methyl sites for hydroxylation is 1. The van der Waals surface area contributed by atoms with Crippen LogP contribution in [0.25, 0.3) is 11.1 Å². The topological polar surface area (TPSA) is 63.6 Å². The second kappa shape index (κ2) is 8.17. The number of hydrogen-bond donors (Lipinski definition) is 1. The fourth-order valence-corrected chi connectivity index (χ4v) is 4.01. The van der Waals surface area contributed by atoms with Crippen molar-refractivity contribution >= 4 is 10.1 Å². The summed E-state index contributed by atoms with van der Waals surface area (Å²) in [5, 5.41) is 0. The van der Waals surface area contributed by atoms with Crippen molar-refractivity contribution in [3.8, 4) is 22.6 Å². The molecule has 0 saturated heterocycles.